The van der Waals surface area contributed by atoms with E-state index in [1.807, 2.05) is 23.6 Å². The van der Waals surface area contributed by atoms with Gasteiger partial charge in [-0.05, 0) is 60.0 Å². The zero-order valence-electron chi connectivity index (χ0n) is 15.5. The summed E-state index contributed by atoms with van der Waals surface area (Å²) in [6.45, 7) is 2.87. The number of hydrogen-bond acceptors (Lipinski definition) is 6. The monoisotopic (exact) mass is 379 g/mol. The van der Waals surface area contributed by atoms with Crippen molar-refractivity contribution in [2.75, 3.05) is 14.2 Å². The Morgan fingerprint density at radius 3 is 2.70 bits per heavy atom. The summed E-state index contributed by atoms with van der Waals surface area (Å²) >= 11 is 1.60. The summed E-state index contributed by atoms with van der Waals surface area (Å²) in [5.74, 6) is 2.09. The van der Waals surface area contributed by atoms with Crippen molar-refractivity contribution in [3.05, 3.63) is 65.4 Å². The predicted molar refractivity (Wildman–Crippen MR) is 108 cm³/mol. The molecular formula is C21H21N3O2S. The van der Waals surface area contributed by atoms with Gasteiger partial charge in [-0.15, -0.1) is 21.5 Å². The van der Waals surface area contributed by atoms with Gasteiger partial charge in [0.05, 0.1) is 18.0 Å². The molecule has 5 nitrogen and oxygen atoms in total. The zero-order chi connectivity index (χ0) is 18.8. The van der Waals surface area contributed by atoms with Crippen LogP contribution in [-0.2, 0) is 6.54 Å². The number of thiophene rings is 1. The predicted octanol–water partition coefficient (Wildman–Crippen LogP) is 5.15. The Morgan fingerprint density at radius 2 is 1.93 bits per heavy atom. The molecule has 2 aromatic heterocycles. The Hall–Kier alpha value is -2.70. The maximum Gasteiger partial charge on any atom is 0.257 e. The largest absolute Gasteiger partial charge is 0.497 e. The molecule has 0 aliphatic heterocycles. The third kappa shape index (κ3) is 3.72. The molecule has 6 heteroatoms. The number of rotatable bonds is 6. The first kappa shape index (κ1) is 17.7. The van der Waals surface area contributed by atoms with Crippen LogP contribution in [-0.4, -0.2) is 29.3 Å². The van der Waals surface area contributed by atoms with Crippen LogP contribution in [0.4, 0.5) is 0 Å². The number of benzene rings is 2. The second-order valence-electron chi connectivity index (χ2n) is 6.56. The van der Waals surface area contributed by atoms with Crippen LogP contribution in [0.15, 0.2) is 58.3 Å². The van der Waals surface area contributed by atoms with E-state index in [-0.39, 0.29) is 6.04 Å². The number of hydrogen-bond donors (Lipinski definition) is 0. The highest BCUT2D eigenvalue weighted by molar-refractivity contribution is 7.13. The van der Waals surface area contributed by atoms with Crippen molar-refractivity contribution >= 4 is 22.1 Å². The molecule has 0 amide bonds. The van der Waals surface area contributed by atoms with Crippen molar-refractivity contribution in [3.8, 4) is 16.5 Å². The molecule has 2 aromatic carbocycles. The molecule has 2 heterocycles. The molecular weight excluding hydrogens is 358 g/mol. The average Bonchev–Trinajstić information content (AvgIpc) is 3.38. The molecule has 0 spiro atoms. The summed E-state index contributed by atoms with van der Waals surface area (Å²) < 4.78 is 11.2. The summed E-state index contributed by atoms with van der Waals surface area (Å²) in [7, 11) is 3.76. The highest BCUT2D eigenvalue weighted by atomic mass is 32.1. The lowest BCUT2D eigenvalue weighted by Gasteiger charge is -2.22. The summed E-state index contributed by atoms with van der Waals surface area (Å²) in [5.41, 5.74) is 1.24. The Balaban J connectivity index is 1.49. The minimum absolute atomic E-state index is 0.0257. The second kappa shape index (κ2) is 7.50. The van der Waals surface area contributed by atoms with Gasteiger partial charge in [0, 0.05) is 6.54 Å². The van der Waals surface area contributed by atoms with Gasteiger partial charge in [0.15, 0.2) is 0 Å². The fourth-order valence-corrected chi connectivity index (χ4v) is 3.66. The molecule has 0 saturated heterocycles. The number of nitrogens with zero attached hydrogens (tertiary/aromatic N) is 3. The number of ether oxygens (including phenoxy) is 1. The second-order valence-corrected chi connectivity index (χ2v) is 7.51. The van der Waals surface area contributed by atoms with Gasteiger partial charge in [-0.2, -0.15) is 0 Å². The Kier molecular flexibility index (Phi) is 4.92. The highest BCUT2D eigenvalue weighted by Crippen LogP contribution is 2.28. The minimum atomic E-state index is 0.0257. The van der Waals surface area contributed by atoms with E-state index in [4.69, 9.17) is 9.15 Å². The van der Waals surface area contributed by atoms with Gasteiger partial charge in [0.25, 0.3) is 5.89 Å². The van der Waals surface area contributed by atoms with Gasteiger partial charge >= 0.3 is 0 Å². The molecule has 0 radical (unpaired) electrons. The lowest BCUT2D eigenvalue weighted by atomic mass is 10.1. The highest BCUT2D eigenvalue weighted by Gasteiger charge is 2.19. The minimum Gasteiger partial charge on any atom is -0.497 e. The molecule has 27 heavy (non-hydrogen) atoms. The van der Waals surface area contributed by atoms with Crippen molar-refractivity contribution in [2.45, 2.75) is 19.5 Å². The smallest absolute Gasteiger partial charge is 0.257 e. The van der Waals surface area contributed by atoms with Crippen LogP contribution in [0.3, 0.4) is 0 Å². The summed E-state index contributed by atoms with van der Waals surface area (Å²) in [6, 6.07) is 16.6. The molecule has 0 bridgehead atoms. The molecule has 0 aliphatic rings. The summed E-state index contributed by atoms with van der Waals surface area (Å²) in [6.07, 6.45) is 0. The maximum atomic E-state index is 5.88. The van der Waals surface area contributed by atoms with E-state index in [1.165, 1.54) is 16.3 Å². The van der Waals surface area contributed by atoms with E-state index >= 15 is 0 Å². The molecule has 0 fully saturated rings. The van der Waals surface area contributed by atoms with Gasteiger partial charge in [0.1, 0.15) is 5.75 Å². The van der Waals surface area contributed by atoms with Crippen LogP contribution < -0.4 is 4.74 Å². The molecule has 0 N–H and O–H groups in total. The SMILES string of the molecule is COc1ccc2cc(CN(C)[C@@H](C)c3nnc(-c4cccs4)o3)ccc2c1. The first-order chi connectivity index (χ1) is 13.1. The third-order valence-electron chi connectivity index (χ3n) is 4.73. The Bertz CT molecular complexity index is 1040. The first-order valence-corrected chi connectivity index (χ1v) is 9.66. The number of fused-ring (bicyclic) bond motifs is 1. The van der Waals surface area contributed by atoms with Gasteiger partial charge < -0.3 is 9.15 Å². The van der Waals surface area contributed by atoms with Crippen molar-refractivity contribution < 1.29 is 9.15 Å². The van der Waals surface area contributed by atoms with Crippen LogP contribution in [0.25, 0.3) is 21.5 Å². The third-order valence-corrected chi connectivity index (χ3v) is 5.59. The fraction of sp³-hybridized carbons (Fsp3) is 0.238. The molecule has 138 valence electrons. The zero-order valence-corrected chi connectivity index (χ0v) is 16.4. The molecule has 0 unspecified atom stereocenters. The lowest BCUT2D eigenvalue weighted by Crippen LogP contribution is -2.22. The normalized spacial score (nSPS) is 12.6. The molecule has 0 saturated carbocycles. The standard InChI is InChI=1S/C21H21N3O2S/c1-14(20-22-23-21(26-20)19-5-4-10-27-19)24(2)13-15-6-7-17-12-18(25-3)9-8-16(17)11-15/h4-12,14H,13H2,1-3H3/t14-/m0/s1. The molecule has 4 rings (SSSR count). The van der Waals surface area contributed by atoms with Gasteiger partial charge in [-0.3, -0.25) is 4.90 Å². The van der Waals surface area contributed by atoms with Gasteiger partial charge in [-0.1, -0.05) is 24.3 Å². The van der Waals surface area contributed by atoms with Crippen molar-refractivity contribution in [1.29, 1.82) is 0 Å². The number of aromatic nitrogens is 2. The van der Waals surface area contributed by atoms with E-state index in [2.05, 4.69) is 59.4 Å². The maximum absolute atomic E-state index is 5.88. The van der Waals surface area contributed by atoms with Crippen LogP contribution in [0.1, 0.15) is 24.4 Å². The van der Waals surface area contributed by atoms with Crippen molar-refractivity contribution in [2.24, 2.45) is 0 Å². The van der Waals surface area contributed by atoms with E-state index in [0.29, 0.717) is 11.8 Å². The average molecular weight is 379 g/mol. The fourth-order valence-electron chi connectivity index (χ4n) is 3.02. The van der Waals surface area contributed by atoms with Gasteiger partial charge in [0.2, 0.25) is 5.89 Å². The first-order valence-electron chi connectivity index (χ1n) is 8.78. The lowest BCUT2D eigenvalue weighted by molar-refractivity contribution is 0.218. The van der Waals surface area contributed by atoms with E-state index in [9.17, 15) is 0 Å². The van der Waals surface area contributed by atoms with E-state index < -0.39 is 0 Å². The van der Waals surface area contributed by atoms with Crippen molar-refractivity contribution in [1.82, 2.24) is 15.1 Å². The molecule has 4 aromatic rings. The van der Waals surface area contributed by atoms with Crippen LogP contribution in [0.5, 0.6) is 5.75 Å². The van der Waals surface area contributed by atoms with Crippen molar-refractivity contribution in [3.63, 3.8) is 0 Å². The quantitative estimate of drug-likeness (QED) is 0.463. The molecule has 0 aliphatic carbocycles. The Labute approximate surface area is 162 Å². The Morgan fingerprint density at radius 1 is 1.11 bits per heavy atom. The molecule has 1 atom stereocenters. The van der Waals surface area contributed by atoms with Crippen LogP contribution in [0.2, 0.25) is 0 Å². The summed E-state index contributed by atoms with van der Waals surface area (Å²) in [5, 5.41) is 12.8. The van der Waals surface area contributed by atoms with E-state index in [1.54, 1.807) is 18.4 Å². The summed E-state index contributed by atoms with van der Waals surface area (Å²) in [4.78, 5) is 3.20. The van der Waals surface area contributed by atoms with Crippen LogP contribution >= 0.6 is 11.3 Å². The topological polar surface area (TPSA) is 51.4 Å². The van der Waals surface area contributed by atoms with Gasteiger partial charge in [-0.25, -0.2) is 0 Å². The van der Waals surface area contributed by atoms with E-state index in [0.717, 1.165) is 17.2 Å². The number of methoxy groups -OCH3 is 1. The van der Waals surface area contributed by atoms with Crippen LogP contribution in [0, 0.1) is 0 Å².